The SMILES string of the molecule is C[C@H]1CN(Cc2ccc(-c3nc4ccc(F)cc4o3)cc2)CCN1C(=O)C1(O)CC1. The van der Waals surface area contributed by atoms with Crippen molar-refractivity contribution in [2.45, 2.75) is 38.0 Å². The van der Waals surface area contributed by atoms with Crippen LogP contribution in [0.5, 0.6) is 0 Å². The van der Waals surface area contributed by atoms with Crippen molar-refractivity contribution in [2.24, 2.45) is 0 Å². The number of amides is 1. The van der Waals surface area contributed by atoms with E-state index in [0.717, 1.165) is 30.8 Å². The molecule has 0 radical (unpaired) electrons. The number of benzene rings is 2. The van der Waals surface area contributed by atoms with Crippen molar-refractivity contribution < 1.29 is 18.7 Å². The van der Waals surface area contributed by atoms with Crippen LogP contribution in [0.1, 0.15) is 25.3 Å². The minimum atomic E-state index is -1.09. The van der Waals surface area contributed by atoms with E-state index in [0.29, 0.717) is 36.4 Å². The number of nitrogens with zero attached hydrogens (tertiary/aromatic N) is 3. The predicted octanol–water partition coefficient (Wildman–Crippen LogP) is 3.19. The second kappa shape index (κ2) is 7.18. The van der Waals surface area contributed by atoms with Crippen molar-refractivity contribution in [2.75, 3.05) is 19.6 Å². The smallest absolute Gasteiger partial charge is 0.254 e. The largest absolute Gasteiger partial charge is 0.436 e. The molecular weight excluding hydrogens is 385 g/mol. The molecule has 3 aromatic rings. The zero-order valence-electron chi connectivity index (χ0n) is 16.8. The van der Waals surface area contributed by atoms with E-state index in [4.69, 9.17) is 4.42 Å². The third kappa shape index (κ3) is 3.59. The third-order valence-electron chi connectivity index (χ3n) is 6.05. The summed E-state index contributed by atoms with van der Waals surface area (Å²) in [5.74, 6) is 0.0148. The number of rotatable bonds is 4. The normalized spacial score (nSPS) is 21.2. The van der Waals surface area contributed by atoms with Crippen LogP contribution in [0.2, 0.25) is 0 Å². The molecule has 5 rings (SSSR count). The van der Waals surface area contributed by atoms with Crippen molar-refractivity contribution in [3.8, 4) is 11.5 Å². The van der Waals surface area contributed by atoms with Gasteiger partial charge in [0.25, 0.3) is 5.91 Å². The maximum absolute atomic E-state index is 13.4. The highest BCUT2D eigenvalue weighted by molar-refractivity contribution is 5.88. The maximum atomic E-state index is 13.4. The molecule has 30 heavy (non-hydrogen) atoms. The molecule has 2 aromatic carbocycles. The molecule has 1 aliphatic heterocycles. The average Bonchev–Trinajstić information content (AvgIpc) is 3.34. The van der Waals surface area contributed by atoms with E-state index >= 15 is 0 Å². The zero-order valence-corrected chi connectivity index (χ0v) is 16.8. The summed E-state index contributed by atoms with van der Waals surface area (Å²) in [4.78, 5) is 21.0. The molecule has 1 N–H and O–H groups in total. The van der Waals surface area contributed by atoms with Gasteiger partial charge in [0.05, 0.1) is 0 Å². The van der Waals surface area contributed by atoms with Gasteiger partial charge in [-0.1, -0.05) is 12.1 Å². The van der Waals surface area contributed by atoms with Crippen LogP contribution < -0.4 is 0 Å². The summed E-state index contributed by atoms with van der Waals surface area (Å²) >= 11 is 0. The fraction of sp³-hybridized carbons (Fsp3) is 0.391. The van der Waals surface area contributed by atoms with Crippen LogP contribution in [-0.4, -0.2) is 57.1 Å². The Balaban J connectivity index is 1.23. The lowest BCUT2D eigenvalue weighted by molar-refractivity contribution is -0.147. The number of hydrogen-bond donors (Lipinski definition) is 1. The van der Waals surface area contributed by atoms with E-state index in [1.807, 2.05) is 36.1 Å². The van der Waals surface area contributed by atoms with Crippen LogP contribution in [0.3, 0.4) is 0 Å². The molecule has 1 saturated carbocycles. The second-order valence-corrected chi connectivity index (χ2v) is 8.44. The maximum Gasteiger partial charge on any atom is 0.254 e. The van der Waals surface area contributed by atoms with Gasteiger partial charge in [0, 0.05) is 43.9 Å². The Kier molecular flexibility index (Phi) is 4.60. The number of piperazine rings is 1. The first-order valence-electron chi connectivity index (χ1n) is 10.3. The summed E-state index contributed by atoms with van der Waals surface area (Å²) in [5.41, 5.74) is 1.98. The molecule has 0 spiro atoms. The van der Waals surface area contributed by atoms with Gasteiger partial charge in [-0.15, -0.1) is 0 Å². The average molecular weight is 409 g/mol. The number of carbonyl (C=O) groups is 1. The zero-order chi connectivity index (χ0) is 20.9. The standard InChI is InChI=1S/C23H24FN3O3/c1-15-13-26(10-11-27(15)22(28)23(29)8-9-23)14-16-2-4-17(5-3-16)21-25-19-7-6-18(24)12-20(19)30-21/h2-7,12,15,29H,8-11,13-14H2,1H3/t15-/m0/s1. The van der Waals surface area contributed by atoms with E-state index in [1.165, 1.54) is 12.1 Å². The number of aliphatic hydroxyl groups is 1. The van der Waals surface area contributed by atoms with Crippen LogP contribution in [0, 0.1) is 5.82 Å². The van der Waals surface area contributed by atoms with Crippen LogP contribution in [0.25, 0.3) is 22.6 Å². The molecule has 1 saturated heterocycles. The van der Waals surface area contributed by atoms with Crippen molar-refractivity contribution >= 4 is 17.0 Å². The van der Waals surface area contributed by atoms with Gasteiger partial charge in [-0.2, -0.15) is 0 Å². The Morgan fingerprint density at radius 1 is 1.23 bits per heavy atom. The number of oxazole rings is 1. The van der Waals surface area contributed by atoms with Gasteiger partial charge in [0.15, 0.2) is 5.58 Å². The molecule has 2 heterocycles. The topological polar surface area (TPSA) is 69.8 Å². The fourth-order valence-electron chi connectivity index (χ4n) is 4.11. The number of carbonyl (C=O) groups excluding carboxylic acids is 1. The molecule has 0 bridgehead atoms. The summed E-state index contributed by atoms with van der Waals surface area (Å²) < 4.78 is 19.0. The molecule has 1 aliphatic carbocycles. The fourth-order valence-corrected chi connectivity index (χ4v) is 4.11. The summed E-state index contributed by atoms with van der Waals surface area (Å²) in [6.45, 7) is 5.02. The molecule has 2 fully saturated rings. The molecule has 0 unspecified atom stereocenters. The minimum Gasteiger partial charge on any atom is -0.436 e. The first kappa shape index (κ1) is 19.2. The molecule has 1 atom stereocenters. The van der Waals surface area contributed by atoms with Crippen molar-refractivity contribution in [3.63, 3.8) is 0 Å². The van der Waals surface area contributed by atoms with E-state index in [9.17, 15) is 14.3 Å². The van der Waals surface area contributed by atoms with E-state index in [1.54, 1.807) is 6.07 Å². The summed E-state index contributed by atoms with van der Waals surface area (Å²) in [7, 11) is 0. The van der Waals surface area contributed by atoms with Crippen LogP contribution >= 0.6 is 0 Å². The van der Waals surface area contributed by atoms with Gasteiger partial charge in [0.1, 0.15) is 16.9 Å². The van der Waals surface area contributed by atoms with E-state index in [2.05, 4.69) is 9.88 Å². The molecule has 2 aliphatic rings. The third-order valence-corrected chi connectivity index (χ3v) is 6.05. The monoisotopic (exact) mass is 409 g/mol. The second-order valence-electron chi connectivity index (χ2n) is 8.44. The van der Waals surface area contributed by atoms with Gasteiger partial charge in [0.2, 0.25) is 5.89 Å². The van der Waals surface area contributed by atoms with E-state index < -0.39 is 5.60 Å². The summed E-state index contributed by atoms with van der Waals surface area (Å²) in [6.07, 6.45) is 1.17. The highest BCUT2D eigenvalue weighted by atomic mass is 19.1. The van der Waals surface area contributed by atoms with Crippen LogP contribution in [0.4, 0.5) is 4.39 Å². The number of aromatic nitrogens is 1. The highest BCUT2D eigenvalue weighted by Crippen LogP contribution is 2.37. The first-order valence-corrected chi connectivity index (χ1v) is 10.3. The summed E-state index contributed by atoms with van der Waals surface area (Å²) in [6, 6.07) is 12.4. The molecule has 6 nitrogen and oxygen atoms in total. The lowest BCUT2D eigenvalue weighted by atomic mass is 10.1. The van der Waals surface area contributed by atoms with Crippen molar-refractivity contribution in [3.05, 3.63) is 53.8 Å². The number of halogens is 1. The lowest BCUT2D eigenvalue weighted by Gasteiger charge is -2.40. The van der Waals surface area contributed by atoms with Gasteiger partial charge in [-0.3, -0.25) is 9.69 Å². The van der Waals surface area contributed by atoms with E-state index in [-0.39, 0.29) is 17.8 Å². The highest BCUT2D eigenvalue weighted by Gasteiger charge is 2.51. The molecule has 156 valence electrons. The molecule has 1 aromatic heterocycles. The minimum absolute atomic E-state index is 0.0790. The molecule has 7 heteroatoms. The van der Waals surface area contributed by atoms with Gasteiger partial charge in [-0.05, 0) is 49.6 Å². The lowest BCUT2D eigenvalue weighted by Crippen LogP contribution is -2.56. The Labute approximate surface area is 173 Å². The Bertz CT molecular complexity index is 1090. The summed E-state index contributed by atoms with van der Waals surface area (Å²) in [5, 5.41) is 10.1. The first-order chi connectivity index (χ1) is 14.4. The molecule has 1 amide bonds. The van der Waals surface area contributed by atoms with Crippen LogP contribution in [-0.2, 0) is 11.3 Å². The van der Waals surface area contributed by atoms with Crippen molar-refractivity contribution in [1.29, 1.82) is 0 Å². The quantitative estimate of drug-likeness (QED) is 0.717. The Morgan fingerprint density at radius 3 is 2.70 bits per heavy atom. The Hall–Kier alpha value is -2.77. The van der Waals surface area contributed by atoms with Gasteiger partial charge >= 0.3 is 0 Å². The van der Waals surface area contributed by atoms with Gasteiger partial charge in [-0.25, -0.2) is 9.37 Å². The predicted molar refractivity (Wildman–Crippen MR) is 110 cm³/mol. The van der Waals surface area contributed by atoms with Gasteiger partial charge < -0.3 is 14.4 Å². The number of hydrogen-bond acceptors (Lipinski definition) is 5. The Morgan fingerprint density at radius 2 is 2.00 bits per heavy atom. The van der Waals surface area contributed by atoms with Crippen molar-refractivity contribution in [1.82, 2.24) is 14.8 Å². The molecular formula is C23H24FN3O3. The van der Waals surface area contributed by atoms with Crippen LogP contribution in [0.15, 0.2) is 46.9 Å². The number of fused-ring (bicyclic) bond motifs is 1.